The van der Waals surface area contributed by atoms with Crippen molar-refractivity contribution < 1.29 is 4.74 Å². The summed E-state index contributed by atoms with van der Waals surface area (Å²) in [6, 6.07) is 5.61. The molecule has 3 nitrogen and oxygen atoms in total. The van der Waals surface area contributed by atoms with Crippen molar-refractivity contribution in [3.8, 4) is 5.75 Å². The molecule has 17 heavy (non-hydrogen) atoms. The molecule has 0 saturated heterocycles. The Kier molecular flexibility index (Phi) is 6.16. The molecular weight excluding hydrogens is 236 g/mol. The lowest BCUT2D eigenvalue weighted by Crippen LogP contribution is -2.28. The summed E-state index contributed by atoms with van der Waals surface area (Å²) in [4.78, 5) is 2.33. The quantitative estimate of drug-likeness (QED) is 0.811. The lowest BCUT2D eigenvalue weighted by atomic mass is 10.3. The molecule has 1 aromatic rings. The Hall–Kier alpha value is -0.930. The average Bonchev–Trinajstić information content (AvgIpc) is 2.36. The van der Waals surface area contributed by atoms with Gasteiger partial charge in [-0.05, 0) is 31.3 Å². The topological polar surface area (TPSA) is 24.5 Å². The smallest absolute Gasteiger partial charge is 0.142 e. The average molecular weight is 257 g/mol. The number of hydrogen-bond acceptors (Lipinski definition) is 3. The van der Waals surface area contributed by atoms with Crippen LogP contribution >= 0.6 is 11.6 Å². The van der Waals surface area contributed by atoms with Crippen LogP contribution in [-0.2, 0) is 0 Å². The van der Waals surface area contributed by atoms with Gasteiger partial charge >= 0.3 is 0 Å². The first-order valence-corrected chi connectivity index (χ1v) is 6.41. The Morgan fingerprint density at radius 3 is 2.59 bits per heavy atom. The van der Waals surface area contributed by atoms with Crippen molar-refractivity contribution in [1.82, 2.24) is 4.90 Å². The minimum atomic E-state index is 0.692. The van der Waals surface area contributed by atoms with Crippen LogP contribution in [0.3, 0.4) is 0 Å². The van der Waals surface area contributed by atoms with Crippen molar-refractivity contribution in [2.45, 2.75) is 13.8 Å². The Morgan fingerprint density at radius 1 is 1.29 bits per heavy atom. The van der Waals surface area contributed by atoms with Crippen LogP contribution in [0.4, 0.5) is 5.69 Å². The summed E-state index contributed by atoms with van der Waals surface area (Å²) in [5.74, 6) is 0.851. The molecule has 0 aliphatic heterocycles. The summed E-state index contributed by atoms with van der Waals surface area (Å²) in [6.07, 6.45) is 0. The van der Waals surface area contributed by atoms with Crippen molar-refractivity contribution in [1.29, 1.82) is 0 Å². The van der Waals surface area contributed by atoms with E-state index in [1.165, 1.54) is 0 Å². The van der Waals surface area contributed by atoms with E-state index >= 15 is 0 Å². The van der Waals surface area contributed by atoms with Crippen molar-refractivity contribution >= 4 is 17.3 Å². The molecule has 0 aliphatic carbocycles. The third kappa shape index (κ3) is 4.44. The van der Waals surface area contributed by atoms with Gasteiger partial charge in [0, 0.05) is 18.6 Å². The van der Waals surface area contributed by atoms with Crippen LogP contribution in [0, 0.1) is 0 Å². The standard InChI is InChI=1S/C13H21ClN2O/c1-4-16(5-2)8-9-17-13-7-6-11(14)10-12(13)15-3/h6-7,10,15H,4-5,8-9H2,1-3H3. The minimum Gasteiger partial charge on any atom is -0.490 e. The van der Waals surface area contributed by atoms with E-state index in [0.717, 1.165) is 31.1 Å². The molecule has 1 rings (SSSR count). The maximum atomic E-state index is 5.92. The van der Waals surface area contributed by atoms with Gasteiger partial charge in [0.1, 0.15) is 12.4 Å². The van der Waals surface area contributed by atoms with Crippen LogP contribution in [0.5, 0.6) is 5.75 Å². The fourth-order valence-corrected chi connectivity index (χ4v) is 1.82. The molecule has 1 aromatic carbocycles. The molecule has 0 amide bonds. The van der Waals surface area contributed by atoms with E-state index in [4.69, 9.17) is 16.3 Å². The SMILES string of the molecule is CCN(CC)CCOc1ccc(Cl)cc1NC. The van der Waals surface area contributed by atoms with Crippen LogP contribution in [0.2, 0.25) is 5.02 Å². The number of anilines is 1. The summed E-state index contributed by atoms with van der Waals surface area (Å²) in [5.41, 5.74) is 0.928. The predicted molar refractivity (Wildman–Crippen MR) is 74.3 cm³/mol. The van der Waals surface area contributed by atoms with E-state index in [0.29, 0.717) is 11.6 Å². The monoisotopic (exact) mass is 256 g/mol. The number of rotatable bonds is 7. The largest absolute Gasteiger partial charge is 0.490 e. The summed E-state index contributed by atoms with van der Waals surface area (Å²) >= 11 is 5.92. The first-order chi connectivity index (χ1) is 8.21. The van der Waals surface area contributed by atoms with Gasteiger partial charge in [0.2, 0.25) is 0 Å². The number of nitrogens with one attached hydrogen (secondary N) is 1. The van der Waals surface area contributed by atoms with Gasteiger partial charge in [-0.1, -0.05) is 25.4 Å². The molecule has 0 radical (unpaired) electrons. The van der Waals surface area contributed by atoms with Gasteiger partial charge < -0.3 is 15.0 Å². The second-order valence-corrected chi connectivity index (χ2v) is 4.20. The zero-order valence-electron chi connectivity index (χ0n) is 10.8. The third-order valence-electron chi connectivity index (χ3n) is 2.77. The van der Waals surface area contributed by atoms with Gasteiger partial charge in [0.05, 0.1) is 5.69 Å². The zero-order chi connectivity index (χ0) is 12.7. The molecule has 0 atom stereocenters. The summed E-state index contributed by atoms with van der Waals surface area (Å²) in [6.45, 7) is 8.06. The lowest BCUT2D eigenvalue weighted by Gasteiger charge is -2.19. The van der Waals surface area contributed by atoms with Crippen LogP contribution in [0.15, 0.2) is 18.2 Å². The fourth-order valence-electron chi connectivity index (χ4n) is 1.65. The lowest BCUT2D eigenvalue weighted by molar-refractivity contribution is 0.223. The highest BCUT2D eigenvalue weighted by atomic mass is 35.5. The molecule has 0 bridgehead atoms. The number of likely N-dealkylation sites (N-methyl/N-ethyl adjacent to an activating group) is 1. The molecular formula is C13H21ClN2O. The Bertz CT molecular complexity index is 340. The highest BCUT2D eigenvalue weighted by molar-refractivity contribution is 6.30. The maximum Gasteiger partial charge on any atom is 0.142 e. The van der Waals surface area contributed by atoms with Crippen molar-refractivity contribution in [2.75, 3.05) is 38.6 Å². The maximum absolute atomic E-state index is 5.92. The Balaban J connectivity index is 2.51. The number of benzene rings is 1. The van der Waals surface area contributed by atoms with E-state index in [1.807, 2.05) is 25.2 Å². The molecule has 4 heteroatoms. The molecule has 0 fully saturated rings. The molecule has 0 saturated carbocycles. The third-order valence-corrected chi connectivity index (χ3v) is 3.01. The van der Waals surface area contributed by atoms with E-state index in [2.05, 4.69) is 24.1 Å². The van der Waals surface area contributed by atoms with Gasteiger partial charge in [-0.2, -0.15) is 0 Å². The molecule has 0 unspecified atom stereocenters. The normalized spacial score (nSPS) is 10.6. The first-order valence-electron chi connectivity index (χ1n) is 6.03. The predicted octanol–water partition coefficient (Wildman–Crippen LogP) is 3.10. The number of hydrogen-bond donors (Lipinski definition) is 1. The van der Waals surface area contributed by atoms with Gasteiger partial charge in [0.25, 0.3) is 0 Å². The summed E-state index contributed by atoms with van der Waals surface area (Å²) in [7, 11) is 1.86. The summed E-state index contributed by atoms with van der Waals surface area (Å²) in [5, 5.41) is 3.79. The highest BCUT2D eigenvalue weighted by Gasteiger charge is 2.04. The van der Waals surface area contributed by atoms with Crippen molar-refractivity contribution in [3.63, 3.8) is 0 Å². The van der Waals surface area contributed by atoms with Gasteiger partial charge in [0.15, 0.2) is 0 Å². The molecule has 1 N–H and O–H groups in total. The molecule has 0 aliphatic rings. The van der Waals surface area contributed by atoms with E-state index in [-0.39, 0.29) is 0 Å². The van der Waals surface area contributed by atoms with Crippen LogP contribution in [0.25, 0.3) is 0 Å². The summed E-state index contributed by atoms with van der Waals surface area (Å²) < 4.78 is 5.75. The molecule has 96 valence electrons. The Morgan fingerprint density at radius 2 is 2.00 bits per heavy atom. The van der Waals surface area contributed by atoms with Gasteiger partial charge in [-0.3, -0.25) is 0 Å². The second-order valence-electron chi connectivity index (χ2n) is 3.77. The number of halogens is 1. The molecule has 0 spiro atoms. The van der Waals surface area contributed by atoms with Gasteiger partial charge in [-0.15, -0.1) is 0 Å². The minimum absolute atomic E-state index is 0.692. The van der Waals surface area contributed by atoms with Crippen LogP contribution < -0.4 is 10.1 Å². The van der Waals surface area contributed by atoms with Crippen LogP contribution in [-0.4, -0.2) is 38.2 Å². The van der Waals surface area contributed by atoms with Crippen LogP contribution in [0.1, 0.15) is 13.8 Å². The van der Waals surface area contributed by atoms with Gasteiger partial charge in [-0.25, -0.2) is 0 Å². The second kappa shape index (κ2) is 7.41. The number of ether oxygens (including phenoxy) is 1. The Labute approximate surface area is 109 Å². The highest BCUT2D eigenvalue weighted by Crippen LogP contribution is 2.27. The van der Waals surface area contributed by atoms with E-state index < -0.39 is 0 Å². The first kappa shape index (κ1) is 14.1. The molecule has 0 heterocycles. The van der Waals surface area contributed by atoms with Crippen molar-refractivity contribution in [2.24, 2.45) is 0 Å². The van der Waals surface area contributed by atoms with Crippen molar-refractivity contribution in [3.05, 3.63) is 23.2 Å². The number of nitrogens with zero attached hydrogens (tertiary/aromatic N) is 1. The van der Waals surface area contributed by atoms with E-state index in [9.17, 15) is 0 Å². The fraction of sp³-hybridized carbons (Fsp3) is 0.538. The van der Waals surface area contributed by atoms with E-state index in [1.54, 1.807) is 0 Å². The zero-order valence-corrected chi connectivity index (χ0v) is 11.5. The molecule has 0 aromatic heterocycles.